The summed E-state index contributed by atoms with van der Waals surface area (Å²) in [5.74, 6) is 2.57. The molecule has 2 atom stereocenters. The van der Waals surface area contributed by atoms with Crippen LogP contribution in [0, 0.1) is 11.8 Å². The van der Waals surface area contributed by atoms with Crippen molar-refractivity contribution in [3.63, 3.8) is 0 Å². The second kappa shape index (κ2) is 9.84. The number of amides is 1. The van der Waals surface area contributed by atoms with Gasteiger partial charge in [-0.1, -0.05) is 32.1 Å². The van der Waals surface area contributed by atoms with E-state index < -0.39 is 0 Å². The Morgan fingerprint density at radius 3 is 2.50 bits per heavy atom. The summed E-state index contributed by atoms with van der Waals surface area (Å²) in [6, 6.07) is 3.98. The lowest BCUT2D eigenvalue weighted by atomic mass is 9.77. The maximum Gasteiger partial charge on any atom is 0.260 e. The van der Waals surface area contributed by atoms with Crippen LogP contribution in [0.15, 0.2) is 16.9 Å². The fourth-order valence-electron chi connectivity index (χ4n) is 5.88. The quantitative estimate of drug-likeness (QED) is 0.642. The molecule has 184 valence electrons. The molecule has 2 unspecified atom stereocenters. The van der Waals surface area contributed by atoms with Gasteiger partial charge in [0, 0.05) is 30.6 Å². The van der Waals surface area contributed by atoms with Gasteiger partial charge < -0.3 is 19.7 Å². The standard InChI is InChI=1S/C26H36N4O4/c1-33-22-14-20-21(15-23(22)34-2)28-26(29-25(20)32)30-11-10-17(13-19(30)12-16-6-5-7-16)24(31)27-18-8-3-4-9-18/h14-19H,3-13H2,1-2H3,(H,27,31)(H,28,29,32). The van der Waals surface area contributed by atoms with E-state index in [9.17, 15) is 9.59 Å². The number of H-pyrrole nitrogens is 1. The van der Waals surface area contributed by atoms with Gasteiger partial charge in [-0.05, 0) is 44.1 Å². The number of hydrogen-bond donors (Lipinski definition) is 2. The fraction of sp³-hybridized carbons (Fsp3) is 0.654. The van der Waals surface area contributed by atoms with Crippen LogP contribution in [0.4, 0.5) is 5.95 Å². The monoisotopic (exact) mass is 468 g/mol. The van der Waals surface area contributed by atoms with Crippen LogP contribution in [-0.2, 0) is 4.79 Å². The van der Waals surface area contributed by atoms with Crippen molar-refractivity contribution in [2.45, 2.75) is 76.3 Å². The number of ether oxygens (including phenoxy) is 2. The molecule has 0 radical (unpaired) electrons. The lowest BCUT2D eigenvalue weighted by molar-refractivity contribution is -0.126. The Kier molecular flexibility index (Phi) is 6.66. The summed E-state index contributed by atoms with van der Waals surface area (Å²) in [6.07, 6.45) is 11.0. The highest BCUT2D eigenvalue weighted by molar-refractivity contribution is 5.83. The summed E-state index contributed by atoms with van der Waals surface area (Å²) >= 11 is 0. The maximum absolute atomic E-state index is 13.0. The zero-order chi connectivity index (χ0) is 23.7. The zero-order valence-corrected chi connectivity index (χ0v) is 20.3. The minimum Gasteiger partial charge on any atom is -0.493 e. The van der Waals surface area contributed by atoms with Crippen LogP contribution in [0.5, 0.6) is 11.5 Å². The highest BCUT2D eigenvalue weighted by Gasteiger charge is 2.36. The second-order valence-electron chi connectivity index (χ2n) is 10.2. The van der Waals surface area contributed by atoms with E-state index in [2.05, 4.69) is 15.2 Å². The Bertz CT molecular complexity index is 1090. The number of nitrogens with zero attached hydrogens (tertiary/aromatic N) is 2. The van der Waals surface area contributed by atoms with E-state index in [4.69, 9.17) is 14.5 Å². The van der Waals surface area contributed by atoms with E-state index in [1.54, 1.807) is 26.4 Å². The number of aromatic amines is 1. The van der Waals surface area contributed by atoms with Crippen molar-refractivity contribution in [2.24, 2.45) is 11.8 Å². The van der Waals surface area contributed by atoms with Crippen molar-refractivity contribution in [2.75, 3.05) is 25.7 Å². The third-order valence-electron chi connectivity index (χ3n) is 8.09. The predicted molar refractivity (Wildman–Crippen MR) is 132 cm³/mol. The average molecular weight is 469 g/mol. The first-order valence-corrected chi connectivity index (χ1v) is 12.8. The van der Waals surface area contributed by atoms with Crippen LogP contribution in [0.1, 0.15) is 64.2 Å². The Morgan fingerprint density at radius 1 is 1.09 bits per heavy atom. The first-order valence-electron chi connectivity index (χ1n) is 12.8. The average Bonchev–Trinajstić information content (AvgIpc) is 3.33. The van der Waals surface area contributed by atoms with Gasteiger partial charge in [0.15, 0.2) is 11.5 Å². The van der Waals surface area contributed by atoms with Gasteiger partial charge in [-0.25, -0.2) is 4.98 Å². The molecule has 5 rings (SSSR count). The van der Waals surface area contributed by atoms with Gasteiger partial charge in [0.05, 0.1) is 25.1 Å². The number of carbonyl (C=O) groups excluding carboxylic acids is 1. The molecule has 34 heavy (non-hydrogen) atoms. The minimum atomic E-state index is -0.190. The second-order valence-corrected chi connectivity index (χ2v) is 10.2. The Hall–Kier alpha value is -2.77. The van der Waals surface area contributed by atoms with Gasteiger partial charge in [0.25, 0.3) is 5.56 Å². The molecule has 1 aliphatic heterocycles. The van der Waals surface area contributed by atoms with Gasteiger partial charge in [0.2, 0.25) is 11.9 Å². The van der Waals surface area contributed by atoms with Crippen molar-refractivity contribution in [3.8, 4) is 11.5 Å². The highest BCUT2D eigenvalue weighted by Crippen LogP contribution is 2.37. The Balaban J connectivity index is 1.40. The van der Waals surface area contributed by atoms with E-state index in [1.807, 2.05) is 0 Å². The van der Waals surface area contributed by atoms with E-state index in [0.717, 1.165) is 32.1 Å². The first-order chi connectivity index (χ1) is 16.6. The van der Waals surface area contributed by atoms with Gasteiger partial charge in [-0.15, -0.1) is 0 Å². The van der Waals surface area contributed by atoms with Crippen molar-refractivity contribution in [1.82, 2.24) is 15.3 Å². The van der Waals surface area contributed by atoms with E-state index in [1.165, 1.54) is 32.1 Å². The molecule has 1 aromatic carbocycles. The molecule has 3 fully saturated rings. The number of fused-ring (bicyclic) bond motifs is 1. The third kappa shape index (κ3) is 4.59. The summed E-state index contributed by atoms with van der Waals surface area (Å²) < 4.78 is 10.8. The van der Waals surface area contributed by atoms with Crippen molar-refractivity contribution >= 4 is 22.8 Å². The Labute approximate surface area is 200 Å². The van der Waals surface area contributed by atoms with Crippen LogP contribution in [-0.4, -0.2) is 48.7 Å². The number of methoxy groups -OCH3 is 2. The molecule has 2 aromatic rings. The molecule has 8 nitrogen and oxygen atoms in total. The highest BCUT2D eigenvalue weighted by atomic mass is 16.5. The minimum absolute atomic E-state index is 0.0264. The van der Waals surface area contributed by atoms with Crippen LogP contribution in [0.3, 0.4) is 0 Å². The summed E-state index contributed by atoms with van der Waals surface area (Å²) in [4.78, 5) is 36.1. The molecule has 0 bridgehead atoms. The van der Waals surface area contributed by atoms with Gasteiger partial charge in [-0.3, -0.25) is 14.6 Å². The van der Waals surface area contributed by atoms with Gasteiger partial charge in [-0.2, -0.15) is 0 Å². The van der Waals surface area contributed by atoms with Crippen molar-refractivity contribution in [1.29, 1.82) is 0 Å². The number of nitrogens with one attached hydrogen (secondary N) is 2. The zero-order valence-electron chi connectivity index (χ0n) is 20.3. The molecule has 0 spiro atoms. The molecule has 2 N–H and O–H groups in total. The summed E-state index contributed by atoms with van der Waals surface area (Å²) in [5, 5.41) is 3.78. The molecule has 2 heterocycles. The van der Waals surface area contributed by atoms with Gasteiger partial charge >= 0.3 is 0 Å². The number of carbonyl (C=O) groups is 1. The molecular weight excluding hydrogens is 432 g/mol. The number of hydrogen-bond acceptors (Lipinski definition) is 6. The largest absolute Gasteiger partial charge is 0.493 e. The van der Waals surface area contributed by atoms with Crippen LogP contribution >= 0.6 is 0 Å². The summed E-state index contributed by atoms with van der Waals surface area (Å²) in [5.41, 5.74) is 0.393. The van der Waals surface area contributed by atoms with Crippen LogP contribution in [0.2, 0.25) is 0 Å². The molecule has 1 amide bonds. The van der Waals surface area contributed by atoms with E-state index >= 15 is 0 Å². The molecule has 2 saturated carbocycles. The number of piperidine rings is 1. The molecule has 8 heteroatoms. The topological polar surface area (TPSA) is 96.5 Å². The predicted octanol–water partition coefficient (Wildman–Crippen LogP) is 3.77. The van der Waals surface area contributed by atoms with Crippen LogP contribution in [0.25, 0.3) is 10.9 Å². The van der Waals surface area contributed by atoms with Crippen molar-refractivity contribution in [3.05, 3.63) is 22.5 Å². The number of rotatable bonds is 7. The SMILES string of the molecule is COc1cc2nc(N3CCC(C(=O)NC4CCCC4)CC3CC3CCC3)[nH]c(=O)c2cc1OC. The Morgan fingerprint density at radius 2 is 1.82 bits per heavy atom. The molecule has 1 saturated heterocycles. The van der Waals surface area contributed by atoms with Gasteiger partial charge in [0.1, 0.15) is 0 Å². The lowest BCUT2D eigenvalue weighted by Gasteiger charge is -2.42. The number of benzene rings is 1. The molecule has 3 aliphatic rings. The first kappa shape index (κ1) is 23.0. The normalized spacial score (nSPS) is 23.6. The summed E-state index contributed by atoms with van der Waals surface area (Å²) in [7, 11) is 3.13. The maximum atomic E-state index is 13.0. The van der Waals surface area contributed by atoms with E-state index in [0.29, 0.717) is 46.9 Å². The number of aromatic nitrogens is 2. The lowest BCUT2D eigenvalue weighted by Crippen LogP contribution is -2.49. The molecule has 2 aliphatic carbocycles. The molecular formula is C26H36N4O4. The van der Waals surface area contributed by atoms with Crippen molar-refractivity contribution < 1.29 is 14.3 Å². The number of anilines is 1. The third-order valence-corrected chi connectivity index (χ3v) is 8.09. The van der Waals surface area contributed by atoms with Crippen LogP contribution < -0.4 is 25.2 Å². The smallest absolute Gasteiger partial charge is 0.260 e. The van der Waals surface area contributed by atoms with E-state index in [-0.39, 0.29) is 23.4 Å². The fourth-order valence-corrected chi connectivity index (χ4v) is 5.88. The molecule has 1 aromatic heterocycles. The summed E-state index contributed by atoms with van der Waals surface area (Å²) in [6.45, 7) is 0.710.